The van der Waals surface area contributed by atoms with E-state index in [1.54, 1.807) is 31.4 Å². The molecule has 3 rings (SSSR count). The van der Waals surface area contributed by atoms with E-state index in [9.17, 15) is 16.8 Å². The van der Waals surface area contributed by atoms with Gasteiger partial charge in [-0.25, -0.2) is 21.6 Å². The molecule has 2 aromatic carbocycles. The van der Waals surface area contributed by atoms with Gasteiger partial charge in [0.15, 0.2) is 0 Å². The van der Waals surface area contributed by atoms with Crippen molar-refractivity contribution in [1.82, 2.24) is 9.03 Å². The Morgan fingerprint density at radius 3 is 2.17 bits per heavy atom. The zero-order valence-electron chi connectivity index (χ0n) is 16.5. The summed E-state index contributed by atoms with van der Waals surface area (Å²) in [4.78, 5) is 0.136. The Morgan fingerprint density at radius 2 is 1.59 bits per heavy atom. The molecule has 1 heterocycles. The van der Waals surface area contributed by atoms with Gasteiger partial charge in [-0.15, -0.1) is 0 Å². The topological polar surface area (TPSA) is 92.8 Å². The van der Waals surface area contributed by atoms with Crippen LogP contribution in [0.5, 0.6) is 5.75 Å². The van der Waals surface area contributed by atoms with Crippen molar-refractivity contribution >= 4 is 20.0 Å². The second-order valence-electron chi connectivity index (χ2n) is 7.10. The summed E-state index contributed by atoms with van der Waals surface area (Å²) in [6.07, 6.45) is 2.69. The molecule has 7 nitrogen and oxygen atoms in total. The van der Waals surface area contributed by atoms with E-state index < -0.39 is 20.0 Å². The molecule has 0 bridgehead atoms. The normalized spacial score (nSPS) is 18.5. The van der Waals surface area contributed by atoms with Crippen LogP contribution < -0.4 is 9.46 Å². The maximum absolute atomic E-state index is 12.9. The van der Waals surface area contributed by atoms with E-state index in [-0.39, 0.29) is 22.4 Å². The second kappa shape index (κ2) is 8.83. The van der Waals surface area contributed by atoms with Crippen LogP contribution in [0.4, 0.5) is 0 Å². The van der Waals surface area contributed by atoms with Crippen LogP contribution in [0.1, 0.15) is 31.7 Å². The highest BCUT2D eigenvalue weighted by Gasteiger charge is 2.31. The summed E-state index contributed by atoms with van der Waals surface area (Å²) in [6.45, 7) is 2.52. The summed E-state index contributed by atoms with van der Waals surface area (Å²) >= 11 is 0. The van der Waals surface area contributed by atoms with Gasteiger partial charge in [-0.1, -0.05) is 18.6 Å². The lowest BCUT2D eigenvalue weighted by Gasteiger charge is -2.32. The molecule has 0 aliphatic carbocycles. The molecule has 158 valence electrons. The Morgan fingerprint density at radius 1 is 0.966 bits per heavy atom. The zero-order chi connectivity index (χ0) is 21.1. The van der Waals surface area contributed by atoms with Gasteiger partial charge in [0, 0.05) is 19.1 Å². The van der Waals surface area contributed by atoms with Crippen molar-refractivity contribution in [2.24, 2.45) is 0 Å². The maximum Gasteiger partial charge on any atom is 0.243 e. The molecule has 0 amide bonds. The first kappa shape index (κ1) is 21.8. The number of ether oxygens (including phenoxy) is 1. The van der Waals surface area contributed by atoms with Crippen molar-refractivity contribution in [3.8, 4) is 5.75 Å². The first-order valence-corrected chi connectivity index (χ1v) is 12.4. The maximum atomic E-state index is 12.9. The van der Waals surface area contributed by atoms with Crippen molar-refractivity contribution in [2.75, 3.05) is 13.7 Å². The molecular formula is C20H26N2O5S2. The van der Waals surface area contributed by atoms with Gasteiger partial charge in [0.2, 0.25) is 20.0 Å². The Kier molecular flexibility index (Phi) is 6.62. The number of nitrogens with zero attached hydrogens (tertiary/aromatic N) is 1. The lowest BCUT2D eigenvalue weighted by atomic mass is 10.1. The Labute approximate surface area is 172 Å². The highest BCUT2D eigenvalue weighted by molar-refractivity contribution is 7.89. The number of hydrogen-bond acceptors (Lipinski definition) is 5. The minimum Gasteiger partial charge on any atom is -0.497 e. The monoisotopic (exact) mass is 438 g/mol. The van der Waals surface area contributed by atoms with Gasteiger partial charge < -0.3 is 4.74 Å². The molecule has 0 spiro atoms. The van der Waals surface area contributed by atoms with Crippen molar-refractivity contribution in [2.45, 2.75) is 48.6 Å². The quantitative estimate of drug-likeness (QED) is 0.718. The molecular weight excluding hydrogens is 412 g/mol. The average Bonchev–Trinajstić information content (AvgIpc) is 2.73. The summed E-state index contributed by atoms with van der Waals surface area (Å²) in [5.41, 5.74) is 0.785. The van der Waals surface area contributed by atoms with E-state index in [1.165, 1.54) is 28.6 Å². The molecule has 1 unspecified atom stereocenters. The van der Waals surface area contributed by atoms with Crippen molar-refractivity contribution < 1.29 is 21.6 Å². The lowest BCUT2D eigenvalue weighted by Crippen LogP contribution is -2.41. The van der Waals surface area contributed by atoms with Crippen LogP contribution in [0.25, 0.3) is 0 Å². The third-order valence-electron chi connectivity index (χ3n) is 5.11. The van der Waals surface area contributed by atoms with Crippen LogP contribution in [0.3, 0.4) is 0 Å². The molecule has 1 saturated heterocycles. The average molecular weight is 439 g/mol. The van der Waals surface area contributed by atoms with E-state index in [2.05, 4.69) is 4.72 Å². The van der Waals surface area contributed by atoms with Gasteiger partial charge >= 0.3 is 0 Å². The van der Waals surface area contributed by atoms with Crippen LogP contribution in [-0.4, -0.2) is 40.8 Å². The number of rotatable bonds is 7. The van der Waals surface area contributed by atoms with E-state index in [0.29, 0.717) is 12.3 Å². The van der Waals surface area contributed by atoms with E-state index >= 15 is 0 Å². The predicted octanol–water partition coefficient (Wildman–Crippen LogP) is 2.74. The fraction of sp³-hybridized carbons (Fsp3) is 0.400. The van der Waals surface area contributed by atoms with Crippen molar-refractivity contribution in [3.05, 3.63) is 54.1 Å². The number of benzene rings is 2. The molecule has 2 aromatic rings. The highest BCUT2D eigenvalue weighted by Crippen LogP contribution is 2.25. The summed E-state index contributed by atoms with van der Waals surface area (Å²) in [7, 11) is -5.83. The summed E-state index contributed by atoms with van der Waals surface area (Å²) in [5, 5.41) is 0. The number of nitrogens with one attached hydrogen (secondary N) is 1. The van der Waals surface area contributed by atoms with Gasteiger partial charge in [-0.05, 0) is 61.7 Å². The fourth-order valence-corrected chi connectivity index (χ4v) is 6.08. The number of piperidine rings is 1. The summed E-state index contributed by atoms with van der Waals surface area (Å²) in [5.74, 6) is 0.691. The summed E-state index contributed by atoms with van der Waals surface area (Å²) in [6, 6.07) is 12.4. The summed E-state index contributed by atoms with van der Waals surface area (Å²) < 4.78 is 60.0. The SMILES string of the molecule is COc1ccc(CNS(=O)(=O)c2ccc(S(=O)(=O)N3CCCCC3C)cc2)cc1. The Bertz CT molecular complexity index is 1030. The third kappa shape index (κ3) is 4.98. The van der Waals surface area contributed by atoms with Crippen LogP contribution in [0, 0.1) is 0 Å². The first-order valence-electron chi connectivity index (χ1n) is 9.48. The Balaban J connectivity index is 1.72. The number of hydrogen-bond donors (Lipinski definition) is 1. The predicted molar refractivity (Wildman–Crippen MR) is 111 cm³/mol. The molecule has 1 atom stereocenters. The van der Waals surface area contributed by atoms with Crippen molar-refractivity contribution in [1.29, 1.82) is 0 Å². The lowest BCUT2D eigenvalue weighted by molar-refractivity contribution is 0.268. The smallest absolute Gasteiger partial charge is 0.243 e. The number of sulfonamides is 2. The number of methoxy groups -OCH3 is 1. The van der Waals surface area contributed by atoms with Crippen LogP contribution in [0.2, 0.25) is 0 Å². The molecule has 1 fully saturated rings. The zero-order valence-corrected chi connectivity index (χ0v) is 18.2. The largest absolute Gasteiger partial charge is 0.497 e. The molecule has 0 aromatic heterocycles. The highest BCUT2D eigenvalue weighted by atomic mass is 32.2. The van der Waals surface area contributed by atoms with Crippen LogP contribution in [0.15, 0.2) is 58.3 Å². The molecule has 29 heavy (non-hydrogen) atoms. The molecule has 1 aliphatic rings. The van der Waals surface area contributed by atoms with Gasteiger partial charge in [-0.2, -0.15) is 4.31 Å². The molecule has 1 aliphatic heterocycles. The minimum absolute atomic E-state index is 0.0247. The molecule has 0 saturated carbocycles. The van der Waals surface area contributed by atoms with Gasteiger partial charge in [-0.3, -0.25) is 0 Å². The molecule has 1 N–H and O–H groups in total. The van der Waals surface area contributed by atoms with Crippen LogP contribution in [-0.2, 0) is 26.6 Å². The van der Waals surface area contributed by atoms with Gasteiger partial charge in [0.05, 0.1) is 16.9 Å². The van der Waals surface area contributed by atoms with E-state index in [4.69, 9.17) is 4.74 Å². The fourth-order valence-electron chi connectivity index (χ4n) is 3.36. The first-order chi connectivity index (χ1) is 13.7. The Hall–Kier alpha value is -1.94. The molecule has 0 radical (unpaired) electrons. The van der Waals surface area contributed by atoms with Gasteiger partial charge in [0.1, 0.15) is 5.75 Å². The van der Waals surface area contributed by atoms with Gasteiger partial charge in [0.25, 0.3) is 0 Å². The second-order valence-corrected chi connectivity index (χ2v) is 10.8. The van der Waals surface area contributed by atoms with E-state index in [0.717, 1.165) is 24.8 Å². The third-order valence-corrected chi connectivity index (χ3v) is 8.55. The van der Waals surface area contributed by atoms with Crippen molar-refractivity contribution in [3.63, 3.8) is 0 Å². The standard InChI is InChI=1S/C20H26N2O5S2/c1-16-5-3-4-14-22(16)29(25,26)20-12-10-19(11-13-20)28(23,24)21-15-17-6-8-18(27-2)9-7-17/h6-13,16,21H,3-5,14-15H2,1-2H3. The van der Waals surface area contributed by atoms with E-state index in [1.807, 2.05) is 6.92 Å². The van der Waals surface area contributed by atoms with Crippen LogP contribution >= 0.6 is 0 Å². The molecule has 9 heteroatoms. The minimum atomic E-state index is -3.76.